The van der Waals surface area contributed by atoms with Gasteiger partial charge in [-0.05, 0) is 37.0 Å². The van der Waals surface area contributed by atoms with E-state index in [-0.39, 0.29) is 12.0 Å². The van der Waals surface area contributed by atoms with Gasteiger partial charge in [-0.3, -0.25) is 4.99 Å². The molecule has 2 rings (SSSR count). The third-order valence-corrected chi connectivity index (χ3v) is 4.46. The van der Waals surface area contributed by atoms with Gasteiger partial charge < -0.3 is 19.9 Å². The lowest BCUT2D eigenvalue weighted by atomic mass is 10.0. The van der Waals surface area contributed by atoms with Crippen molar-refractivity contribution < 1.29 is 19.4 Å². The lowest BCUT2D eigenvalue weighted by Gasteiger charge is -2.30. The number of carbonyl (C=O) groups excluding carboxylic acids is 1. The second-order valence-corrected chi connectivity index (χ2v) is 7.87. The van der Waals surface area contributed by atoms with Crippen LogP contribution >= 0.6 is 11.6 Å². The lowest BCUT2D eigenvalue weighted by molar-refractivity contribution is -0.261. The van der Waals surface area contributed by atoms with Crippen LogP contribution in [0, 0.1) is 5.92 Å². The molecule has 0 heterocycles. The van der Waals surface area contributed by atoms with Gasteiger partial charge in [-0.15, -0.1) is 0 Å². The Hall–Kier alpha value is -1.95. The van der Waals surface area contributed by atoms with Crippen LogP contribution in [0.25, 0.3) is 0 Å². The highest BCUT2D eigenvalue weighted by molar-refractivity contribution is 6.31. The first kappa shape index (κ1) is 20.4. The van der Waals surface area contributed by atoms with Gasteiger partial charge in [0.15, 0.2) is 0 Å². The third-order valence-electron chi connectivity index (χ3n) is 4.23. The number of methoxy groups -OCH3 is 1. The summed E-state index contributed by atoms with van der Waals surface area (Å²) in [6, 6.07) is 4.89. The quantitative estimate of drug-likeness (QED) is 0.481. The van der Waals surface area contributed by atoms with Crippen molar-refractivity contribution in [3.63, 3.8) is 0 Å². The van der Waals surface area contributed by atoms with E-state index in [4.69, 9.17) is 21.1 Å². The Morgan fingerprint density at radius 2 is 2.12 bits per heavy atom. The second-order valence-electron chi connectivity index (χ2n) is 7.43. The molecular formula is C19H26ClN2O4-. The minimum Gasteiger partial charge on any atom is -0.595 e. The molecule has 26 heavy (non-hydrogen) atoms. The summed E-state index contributed by atoms with van der Waals surface area (Å²) < 4.78 is 10.1. The highest BCUT2D eigenvalue weighted by Gasteiger charge is 2.27. The van der Waals surface area contributed by atoms with E-state index in [0.29, 0.717) is 22.8 Å². The maximum atomic E-state index is 12.0. The molecule has 0 bridgehead atoms. The molecule has 1 aliphatic carbocycles. The zero-order valence-corrected chi connectivity index (χ0v) is 16.4. The van der Waals surface area contributed by atoms with Crippen molar-refractivity contribution in [2.45, 2.75) is 51.7 Å². The van der Waals surface area contributed by atoms with Crippen molar-refractivity contribution in [1.29, 1.82) is 0 Å². The molecule has 7 heteroatoms. The highest BCUT2D eigenvalue weighted by atomic mass is 35.5. The van der Waals surface area contributed by atoms with E-state index in [1.165, 1.54) is 7.11 Å². The zero-order chi connectivity index (χ0) is 19.3. The summed E-state index contributed by atoms with van der Waals surface area (Å²) >= 11 is 6.05. The summed E-state index contributed by atoms with van der Waals surface area (Å²) in [5.74, 6) is -0.238. The second kappa shape index (κ2) is 8.62. The molecule has 1 saturated carbocycles. The molecule has 0 amide bonds. The van der Waals surface area contributed by atoms with E-state index in [1.54, 1.807) is 18.2 Å². The highest BCUT2D eigenvalue weighted by Crippen LogP contribution is 2.30. The summed E-state index contributed by atoms with van der Waals surface area (Å²) in [6.07, 6.45) is 2.29. The van der Waals surface area contributed by atoms with Crippen molar-refractivity contribution in [1.82, 2.24) is 0 Å². The van der Waals surface area contributed by atoms with Crippen LogP contribution in [-0.2, 0) is 9.47 Å². The van der Waals surface area contributed by atoms with E-state index < -0.39 is 17.7 Å². The normalized spacial score (nSPS) is 20.7. The van der Waals surface area contributed by atoms with Crippen LogP contribution in [0.4, 0.5) is 5.69 Å². The van der Waals surface area contributed by atoms with E-state index in [2.05, 4.69) is 10.3 Å². The van der Waals surface area contributed by atoms with Gasteiger partial charge in [0.1, 0.15) is 6.08 Å². The van der Waals surface area contributed by atoms with Crippen molar-refractivity contribution >= 4 is 29.3 Å². The van der Waals surface area contributed by atoms with Crippen LogP contribution in [0.2, 0.25) is 5.02 Å². The molecule has 6 nitrogen and oxygen atoms in total. The molecule has 0 aromatic heterocycles. The molecule has 1 fully saturated rings. The van der Waals surface area contributed by atoms with Gasteiger partial charge in [0, 0.05) is 17.2 Å². The molecule has 1 aromatic rings. The van der Waals surface area contributed by atoms with Gasteiger partial charge in [0.2, 0.25) is 0 Å². The fourth-order valence-corrected chi connectivity index (χ4v) is 3.21. The minimum atomic E-state index is -0.552. The lowest BCUT2D eigenvalue weighted by Crippen LogP contribution is -2.34. The number of rotatable bonds is 5. The van der Waals surface area contributed by atoms with Crippen molar-refractivity contribution in [2.24, 2.45) is 10.9 Å². The number of halogens is 1. The van der Waals surface area contributed by atoms with E-state index in [1.807, 2.05) is 20.8 Å². The first-order valence-corrected chi connectivity index (χ1v) is 9.13. The van der Waals surface area contributed by atoms with Crippen molar-refractivity contribution in [3.8, 4) is 0 Å². The number of carbonyl (C=O) groups is 1. The van der Waals surface area contributed by atoms with Gasteiger partial charge in [0.25, 0.3) is 0 Å². The molecule has 0 spiro atoms. The summed E-state index contributed by atoms with van der Waals surface area (Å²) in [7, 11) is 1.34. The standard InChI is InChI=1S/C19H27ClN2O4/c1-19(2,3)26-18(24)22-15-7-5-6-12(15)11-21-16-10-13(20)8-9-14(16)17(23)25-4/h8-10,12,15,21H,5-7,11H2,1-4H3,(H,22,24)/p-1/t12-,15?/m0/s1. The first-order valence-electron chi connectivity index (χ1n) is 8.75. The van der Waals surface area contributed by atoms with Gasteiger partial charge in [-0.25, -0.2) is 4.79 Å². The number of nitrogens with one attached hydrogen (secondary N) is 1. The van der Waals surface area contributed by atoms with Crippen LogP contribution in [0.1, 0.15) is 50.4 Å². The Morgan fingerprint density at radius 1 is 1.38 bits per heavy atom. The zero-order valence-electron chi connectivity index (χ0n) is 15.7. The Morgan fingerprint density at radius 3 is 2.77 bits per heavy atom. The number of aliphatic imine (C=N–C) groups is 1. The molecular weight excluding hydrogens is 356 g/mol. The number of hydrogen-bond acceptors (Lipinski definition) is 6. The third kappa shape index (κ3) is 5.80. The molecule has 0 aliphatic heterocycles. The summed E-state index contributed by atoms with van der Waals surface area (Å²) in [5.41, 5.74) is 0.492. The minimum absolute atomic E-state index is 0.0851. The van der Waals surface area contributed by atoms with Crippen LogP contribution in [0.15, 0.2) is 23.2 Å². The number of anilines is 1. The largest absolute Gasteiger partial charge is 0.595 e. The van der Waals surface area contributed by atoms with Crippen molar-refractivity contribution in [2.75, 3.05) is 19.0 Å². The summed E-state index contributed by atoms with van der Waals surface area (Å²) in [6.45, 7) is 6.05. The fraction of sp³-hybridized carbons (Fsp3) is 0.579. The molecule has 2 atom stereocenters. The Bertz CT molecular complexity index is 670. The predicted octanol–water partition coefficient (Wildman–Crippen LogP) is 3.24. The number of benzene rings is 1. The van der Waals surface area contributed by atoms with E-state index in [0.717, 1.165) is 19.3 Å². The van der Waals surface area contributed by atoms with Gasteiger partial charge >= 0.3 is 5.97 Å². The molecule has 1 aliphatic rings. The van der Waals surface area contributed by atoms with Crippen LogP contribution in [-0.4, -0.2) is 37.4 Å². The predicted molar refractivity (Wildman–Crippen MR) is 101 cm³/mol. The Balaban J connectivity index is 2.06. The van der Waals surface area contributed by atoms with Gasteiger partial charge in [-0.1, -0.05) is 38.8 Å². The Kier molecular flexibility index (Phi) is 6.75. The van der Waals surface area contributed by atoms with Gasteiger partial charge in [-0.2, -0.15) is 0 Å². The average molecular weight is 382 g/mol. The maximum absolute atomic E-state index is 12.0. The SMILES string of the molecule is COC(=O)c1ccc(Cl)cc1NC[C@@H]1CCCC1N=C([O-])OC(C)(C)C. The van der Waals surface area contributed by atoms with Crippen LogP contribution < -0.4 is 10.4 Å². The average Bonchev–Trinajstić information content (AvgIpc) is 2.97. The monoisotopic (exact) mass is 381 g/mol. The number of nitrogens with zero attached hydrogens (tertiary/aromatic N) is 1. The first-order chi connectivity index (χ1) is 12.2. The molecule has 144 valence electrons. The fourth-order valence-electron chi connectivity index (χ4n) is 3.04. The molecule has 1 aromatic carbocycles. The van der Waals surface area contributed by atoms with Crippen molar-refractivity contribution in [3.05, 3.63) is 28.8 Å². The molecule has 0 radical (unpaired) electrons. The number of ether oxygens (including phenoxy) is 2. The van der Waals surface area contributed by atoms with E-state index in [9.17, 15) is 9.90 Å². The van der Waals surface area contributed by atoms with Crippen LogP contribution in [0.5, 0.6) is 0 Å². The topological polar surface area (TPSA) is 83.0 Å². The Labute approximate surface area is 159 Å². The maximum Gasteiger partial charge on any atom is 0.339 e. The molecule has 0 saturated heterocycles. The number of esters is 1. The summed E-state index contributed by atoms with van der Waals surface area (Å²) in [4.78, 5) is 16.1. The number of hydrogen-bond donors (Lipinski definition) is 1. The smallest absolute Gasteiger partial charge is 0.339 e. The molecule has 1 N–H and O–H groups in total. The molecule has 1 unspecified atom stereocenters. The summed E-state index contributed by atoms with van der Waals surface area (Å²) in [5, 5.41) is 15.8. The van der Waals surface area contributed by atoms with Crippen LogP contribution in [0.3, 0.4) is 0 Å². The van der Waals surface area contributed by atoms with Gasteiger partial charge in [0.05, 0.1) is 24.4 Å². The van der Waals surface area contributed by atoms with E-state index >= 15 is 0 Å².